The molecule has 23 heavy (non-hydrogen) atoms. The molecule has 1 aromatic rings. The van der Waals surface area contributed by atoms with Crippen LogP contribution in [0.4, 0.5) is 5.69 Å². The van der Waals surface area contributed by atoms with Crippen LogP contribution >= 0.6 is 0 Å². The van der Waals surface area contributed by atoms with Gasteiger partial charge in [0.25, 0.3) is 5.91 Å². The number of nitriles is 1. The summed E-state index contributed by atoms with van der Waals surface area (Å²) in [5.41, 5.74) is -0.0737. The lowest BCUT2D eigenvalue weighted by atomic mass is 9.99. The highest BCUT2D eigenvalue weighted by Crippen LogP contribution is 2.25. The van der Waals surface area contributed by atoms with Crippen LogP contribution in [0.1, 0.15) is 52.5 Å². The number of hydrogen-bond donors (Lipinski definition) is 1. The maximum Gasteiger partial charge on any atom is 0.256 e. The maximum atomic E-state index is 12.5. The Morgan fingerprint density at radius 2 is 2.13 bits per heavy atom. The molecule has 0 aliphatic heterocycles. The molecule has 1 aromatic carbocycles. The van der Waals surface area contributed by atoms with Crippen LogP contribution < -0.4 is 10.1 Å². The van der Waals surface area contributed by atoms with E-state index < -0.39 is 5.60 Å². The first-order chi connectivity index (χ1) is 10.9. The molecule has 1 N–H and O–H groups in total. The van der Waals surface area contributed by atoms with E-state index in [1.54, 1.807) is 25.1 Å². The molecule has 126 valence electrons. The number of benzene rings is 1. The second-order valence-electron chi connectivity index (χ2n) is 5.80. The van der Waals surface area contributed by atoms with Crippen LogP contribution in [0.25, 0.3) is 0 Å². The third kappa shape index (κ3) is 4.97. The molecule has 1 amide bonds. The summed E-state index contributed by atoms with van der Waals surface area (Å²) in [6, 6.07) is 7.19. The highest BCUT2D eigenvalue weighted by Gasteiger charge is 2.32. The first-order valence-corrected chi connectivity index (χ1v) is 7.97. The van der Waals surface area contributed by atoms with Crippen LogP contribution in [-0.4, -0.2) is 24.7 Å². The van der Waals surface area contributed by atoms with Crippen molar-refractivity contribution in [3.05, 3.63) is 23.8 Å². The second kappa shape index (κ2) is 8.54. The largest absolute Gasteiger partial charge is 0.491 e. The third-order valence-corrected chi connectivity index (χ3v) is 3.93. The Morgan fingerprint density at radius 3 is 2.65 bits per heavy atom. The van der Waals surface area contributed by atoms with Crippen molar-refractivity contribution >= 4 is 11.6 Å². The fourth-order valence-corrected chi connectivity index (χ4v) is 2.15. The first-order valence-electron chi connectivity index (χ1n) is 7.97. The van der Waals surface area contributed by atoms with Crippen LogP contribution in [0.3, 0.4) is 0 Å². The van der Waals surface area contributed by atoms with Crippen LogP contribution in [-0.2, 0) is 9.53 Å². The van der Waals surface area contributed by atoms with E-state index in [1.807, 2.05) is 20.8 Å². The fraction of sp³-hybridized carbons (Fsp3) is 0.556. The highest BCUT2D eigenvalue weighted by atomic mass is 16.5. The van der Waals surface area contributed by atoms with Crippen molar-refractivity contribution < 1.29 is 14.3 Å². The molecule has 0 heterocycles. The number of nitrogens with one attached hydrogen (secondary N) is 1. The monoisotopic (exact) mass is 318 g/mol. The fourth-order valence-electron chi connectivity index (χ4n) is 2.15. The first kappa shape index (κ1) is 19.0. The Bertz CT molecular complexity index is 580. The molecule has 0 aliphatic rings. The summed E-state index contributed by atoms with van der Waals surface area (Å²) in [5, 5.41) is 12.1. The number of nitrogens with zero attached hydrogens (tertiary/aromatic N) is 1. The molecule has 0 aromatic heterocycles. The van der Waals surface area contributed by atoms with Crippen molar-refractivity contribution in [2.45, 2.75) is 58.7 Å². The molecule has 0 bridgehead atoms. The molecule has 0 spiro atoms. The molecular formula is C18H26N2O3. The highest BCUT2D eigenvalue weighted by molar-refractivity contribution is 5.98. The lowest BCUT2D eigenvalue weighted by Gasteiger charge is -2.26. The molecule has 0 radical (unpaired) electrons. The van der Waals surface area contributed by atoms with E-state index in [1.165, 1.54) is 7.11 Å². The summed E-state index contributed by atoms with van der Waals surface area (Å²) in [6.07, 6.45) is 2.38. The minimum atomic E-state index is -0.909. The summed E-state index contributed by atoms with van der Waals surface area (Å²) in [4.78, 5) is 12.5. The lowest BCUT2D eigenvalue weighted by molar-refractivity contribution is -0.136. The van der Waals surface area contributed by atoms with Gasteiger partial charge in [0.2, 0.25) is 0 Å². The van der Waals surface area contributed by atoms with Gasteiger partial charge < -0.3 is 14.8 Å². The van der Waals surface area contributed by atoms with Crippen molar-refractivity contribution in [2.24, 2.45) is 0 Å². The van der Waals surface area contributed by atoms with Gasteiger partial charge >= 0.3 is 0 Å². The van der Waals surface area contributed by atoms with E-state index in [4.69, 9.17) is 9.47 Å². The minimum absolute atomic E-state index is 0.0725. The molecule has 1 rings (SSSR count). The Kier molecular flexibility index (Phi) is 7.05. The third-order valence-electron chi connectivity index (χ3n) is 3.93. The zero-order valence-electron chi connectivity index (χ0n) is 14.6. The summed E-state index contributed by atoms with van der Waals surface area (Å²) in [7, 11) is 1.52. The summed E-state index contributed by atoms with van der Waals surface area (Å²) >= 11 is 0. The molecule has 0 saturated heterocycles. The Hall–Kier alpha value is -2.06. The standard InChI is InChI=1S/C18H26N2O3/c1-6-10-18(4,22-5)17(21)20-16-9-8-15(11-14(16)12-19)23-13(3)7-2/h8-9,11,13H,6-7,10H2,1-5H3,(H,20,21)/t13-,18-/m0/s1. The van der Waals surface area contributed by atoms with E-state index in [0.717, 1.165) is 12.8 Å². The number of anilines is 1. The number of carbonyl (C=O) groups is 1. The Morgan fingerprint density at radius 1 is 1.43 bits per heavy atom. The normalized spacial score (nSPS) is 14.4. The van der Waals surface area contributed by atoms with Crippen molar-refractivity contribution in [3.63, 3.8) is 0 Å². The zero-order chi connectivity index (χ0) is 17.5. The van der Waals surface area contributed by atoms with Gasteiger partial charge in [0, 0.05) is 13.2 Å². The number of ether oxygens (including phenoxy) is 2. The predicted octanol–water partition coefficient (Wildman–Crippen LogP) is 3.88. The quantitative estimate of drug-likeness (QED) is 0.789. The van der Waals surface area contributed by atoms with Crippen molar-refractivity contribution in [1.82, 2.24) is 0 Å². The number of hydrogen-bond acceptors (Lipinski definition) is 4. The Labute approximate surface area is 138 Å². The van der Waals surface area contributed by atoms with Crippen LogP contribution in [0.5, 0.6) is 5.75 Å². The van der Waals surface area contributed by atoms with Crippen molar-refractivity contribution in [2.75, 3.05) is 12.4 Å². The average Bonchev–Trinajstić information content (AvgIpc) is 2.55. The molecule has 5 heteroatoms. The summed E-state index contributed by atoms with van der Waals surface area (Å²) in [6.45, 7) is 7.74. The van der Waals surface area contributed by atoms with E-state index in [2.05, 4.69) is 11.4 Å². The number of carbonyl (C=O) groups excluding carboxylic acids is 1. The van der Waals surface area contributed by atoms with Gasteiger partial charge in [0.15, 0.2) is 0 Å². The molecule has 0 fully saturated rings. The van der Waals surface area contributed by atoms with Gasteiger partial charge in [-0.15, -0.1) is 0 Å². The summed E-state index contributed by atoms with van der Waals surface area (Å²) in [5.74, 6) is 0.367. The van der Waals surface area contributed by atoms with E-state index in [0.29, 0.717) is 23.4 Å². The van der Waals surface area contributed by atoms with Crippen molar-refractivity contribution in [3.8, 4) is 11.8 Å². The smallest absolute Gasteiger partial charge is 0.256 e. The van der Waals surface area contributed by atoms with E-state index >= 15 is 0 Å². The van der Waals surface area contributed by atoms with Gasteiger partial charge in [0.1, 0.15) is 17.4 Å². The number of methoxy groups -OCH3 is 1. The molecule has 5 nitrogen and oxygen atoms in total. The van der Waals surface area contributed by atoms with Gasteiger partial charge in [-0.3, -0.25) is 4.79 Å². The molecule has 0 saturated carbocycles. The summed E-state index contributed by atoms with van der Waals surface area (Å²) < 4.78 is 11.1. The number of rotatable bonds is 8. The minimum Gasteiger partial charge on any atom is -0.491 e. The second-order valence-corrected chi connectivity index (χ2v) is 5.80. The SMILES string of the molecule is CCC[C@](C)(OC)C(=O)Nc1ccc(O[C@@H](C)CC)cc1C#N. The molecule has 2 atom stereocenters. The Balaban J connectivity index is 2.97. The van der Waals surface area contributed by atoms with Gasteiger partial charge in [0.05, 0.1) is 17.4 Å². The molecule has 0 aliphatic carbocycles. The van der Waals surface area contributed by atoms with Crippen LogP contribution in [0.15, 0.2) is 18.2 Å². The number of amides is 1. The van der Waals surface area contributed by atoms with Gasteiger partial charge in [-0.05, 0) is 38.8 Å². The van der Waals surface area contributed by atoms with Gasteiger partial charge in [-0.25, -0.2) is 0 Å². The van der Waals surface area contributed by atoms with E-state index in [-0.39, 0.29) is 12.0 Å². The molecule has 0 unspecified atom stereocenters. The van der Waals surface area contributed by atoms with Gasteiger partial charge in [-0.2, -0.15) is 5.26 Å². The predicted molar refractivity (Wildman–Crippen MR) is 90.5 cm³/mol. The average molecular weight is 318 g/mol. The topological polar surface area (TPSA) is 71.3 Å². The molecular weight excluding hydrogens is 292 g/mol. The van der Waals surface area contributed by atoms with Crippen LogP contribution in [0.2, 0.25) is 0 Å². The van der Waals surface area contributed by atoms with Crippen LogP contribution in [0, 0.1) is 11.3 Å². The maximum absolute atomic E-state index is 12.5. The lowest BCUT2D eigenvalue weighted by Crippen LogP contribution is -2.41. The van der Waals surface area contributed by atoms with Crippen molar-refractivity contribution in [1.29, 1.82) is 5.26 Å². The van der Waals surface area contributed by atoms with Gasteiger partial charge in [-0.1, -0.05) is 20.3 Å². The van der Waals surface area contributed by atoms with E-state index in [9.17, 15) is 10.1 Å². The zero-order valence-corrected chi connectivity index (χ0v) is 14.6.